The molecule has 0 aliphatic carbocycles. The van der Waals surface area contributed by atoms with Crippen LogP contribution < -0.4 is 5.32 Å². The third-order valence-corrected chi connectivity index (χ3v) is 5.23. The van der Waals surface area contributed by atoms with Crippen LogP contribution in [0.2, 0.25) is 0 Å². The number of carbonyl (C=O) groups excluding carboxylic acids is 2. The summed E-state index contributed by atoms with van der Waals surface area (Å²) < 4.78 is 40.9. The number of aryl methyl sites for hydroxylation is 2. The standard InChI is InChI=1S/C15H16F3N5O2S/c1-4-14(9-5-19-22(3)6-9)12(24)23(13(25)21-14)7-10-11(15(16,17)18)20-8(2)26-10/h5-6H,4,7H2,1-3H3,(H,21,25). The number of halogens is 3. The Morgan fingerprint density at radius 3 is 2.58 bits per heavy atom. The van der Waals surface area contributed by atoms with Crippen molar-refractivity contribution in [2.24, 2.45) is 7.05 Å². The van der Waals surface area contributed by atoms with Gasteiger partial charge in [-0.25, -0.2) is 9.78 Å². The first-order valence-electron chi connectivity index (χ1n) is 7.75. The third kappa shape index (κ3) is 2.85. The van der Waals surface area contributed by atoms with Gasteiger partial charge in [-0.15, -0.1) is 11.3 Å². The van der Waals surface area contributed by atoms with Crippen molar-refractivity contribution in [1.82, 2.24) is 25.0 Å². The fraction of sp³-hybridized carbons (Fsp3) is 0.467. The van der Waals surface area contributed by atoms with Crippen molar-refractivity contribution in [1.29, 1.82) is 0 Å². The summed E-state index contributed by atoms with van der Waals surface area (Å²) in [6.07, 6.45) is -1.34. The number of aromatic nitrogens is 3. The van der Waals surface area contributed by atoms with Gasteiger partial charge in [-0.1, -0.05) is 6.92 Å². The van der Waals surface area contributed by atoms with E-state index in [1.165, 1.54) is 17.8 Å². The van der Waals surface area contributed by atoms with E-state index in [-0.39, 0.29) is 16.3 Å². The summed E-state index contributed by atoms with van der Waals surface area (Å²) in [5.41, 5.74) is -1.90. The molecule has 26 heavy (non-hydrogen) atoms. The molecule has 0 bridgehead atoms. The molecule has 3 amide bonds. The number of nitrogens with zero attached hydrogens (tertiary/aromatic N) is 4. The number of alkyl halides is 3. The van der Waals surface area contributed by atoms with Crippen molar-refractivity contribution in [2.75, 3.05) is 0 Å². The van der Waals surface area contributed by atoms with E-state index in [0.717, 1.165) is 16.2 Å². The molecular formula is C15H16F3N5O2S. The van der Waals surface area contributed by atoms with E-state index in [1.54, 1.807) is 20.2 Å². The maximum Gasteiger partial charge on any atom is 0.434 e. The number of urea groups is 1. The largest absolute Gasteiger partial charge is 0.434 e. The molecule has 11 heteroatoms. The van der Waals surface area contributed by atoms with Crippen LogP contribution in [-0.2, 0) is 30.1 Å². The predicted molar refractivity (Wildman–Crippen MR) is 86.1 cm³/mol. The molecule has 1 fully saturated rings. The highest BCUT2D eigenvalue weighted by atomic mass is 32.1. The Morgan fingerprint density at radius 2 is 2.04 bits per heavy atom. The minimum atomic E-state index is -4.65. The van der Waals surface area contributed by atoms with E-state index < -0.39 is 35.9 Å². The predicted octanol–water partition coefficient (Wildman–Crippen LogP) is 2.56. The van der Waals surface area contributed by atoms with Crippen molar-refractivity contribution >= 4 is 23.3 Å². The molecule has 1 aliphatic heterocycles. The Kier molecular flexibility index (Phi) is 4.29. The van der Waals surface area contributed by atoms with Gasteiger partial charge in [0.1, 0.15) is 5.54 Å². The van der Waals surface area contributed by atoms with E-state index in [4.69, 9.17) is 0 Å². The van der Waals surface area contributed by atoms with Gasteiger partial charge in [-0.2, -0.15) is 18.3 Å². The molecular weight excluding hydrogens is 371 g/mol. The van der Waals surface area contributed by atoms with Crippen LogP contribution in [-0.4, -0.2) is 31.6 Å². The van der Waals surface area contributed by atoms with Gasteiger partial charge in [0, 0.05) is 18.8 Å². The Balaban J connectivity index is 1.96. The molecule has 0 saturated carbocycles. The number of amides is 3. The molecule has 2 aromatic rings. The van der Waals surface area contributed by atoms with Gasteiger partial charge in [0.25, 0.3) is 5.91 Å². The zero-order valence-corrected chi connectivity index (χ0v) is 15.0. The summed E-state index contributed by atoms with van der Waals surface area (Å²) >= 11 is 0.818. The fourth-order valence-electron chi connectivity index (χ4n) is 2.99. The Labute approximate surface area is 150 Å². The third-order valence-electron chi connectivity index (χ3n) is 4.28. The first-order valence-corrected chi connectivity index (χ1v) is 8.57. The van der Waals surface area contributed by atoms with Gasteiger partial charge in [-0.05, 0) is 13.3 Å². The first kappa shape index (κ1) is 18.4. The van der Waals surface area contributed by atoms with E-state index in [0.29, 0.717) is 5.56 Å². The van der Waals surface area contributed by atoms with Crippen LogP contribution in [0.3, 0.4) is 0 Å². The molecule has 3 rings (SSSR count). The van der Waals surface area contributed by atoms with Crippen molar-refractivity contribution in [3.63, 3.8) is 0 Å². The first-order chi connectivity index (χ1) is 12.1. The molecule has 1 atom stereocenters. The molecule has 1 unspecified atom stereocenters. The monoisotopic (exact) mass is 387 g/mol. The van der Waals surface area contributed by atoms with Crippen molar-refractivity contribution in [3.8, 4) is 0 Å². The van der Waals surface area contributed by atoms with Crippen molar-refractivity contribution in [2.45, 2.75) is 38.5 Å². The molecule has 1 aliphatic rings. The van der Waals surface area contributed by atoms with Crippen LogP contribution in [0, 0.1) is 6.92 Å². The summed E-state index contributed by atoms with van der Waals surface area (Å²) in [6.45, 7) is 2.68. The SMILES string of the molecule is CCC1(c2cnn(C)c2)NC(=O)N(Cc2sc(C)nc2C(F)(F)F)C1=O. The van der Waals surface area contributed by atoms with Crippen LogP contribution >= 0.6 is 11.3 Å². The van der Waals surface area contributed by atoms with Gasteiger partial charge < -0.3 is 5.32 Å². The molecule has 3 heterocycles. The lowest BCUT2D eigenvalue weighted by Gasteiger charge is -2.23. The van der Waals surface area contributed by atoms with Crippen LogP contribution in [0.1, 0.15) is 34.5 Å². The number of thiazole rings is 1. The Morgan fingerprint density at radius 1 is 1.35 bits per heavy atom. The Bertz CT molecular complexity index is 875. The second kappa shape index (κ2) is 6.08. The van der Waals surface area contributed by atoms with Gasteiger partial charge in [0.15, 0.2) is 5.69 Å². The van der Waals surface area contributed by atoms with Crippen LogP contribution in [0.4, 0.5) is 18.0 Å². The topological polar surface area (TPSA) is 80.1 Å². The Hall–Kier alpha value is -2.43. The molecule has 2 aromatic heterocycles. The summed E-state index contributed by atoms with van der Waals surface area (Å²) in [5, 5.41) is 6.85. The molecule has 140 valence electrons. The molecule has 1 saturated heterocycles. The highest BCUT2D eigenvalue weighted by molar-refractivity contribution is 7.11. The summed E-state index contributed by atoms with van der Waals surface area (Å²) in [7, 11) is 1.67. The molecule has 0 radical (unpaired) electrons. The van der Waals surface area contributed by atoms with E-state index in [9.17, 15) is 22.8 Å². The molecule has 0 spiro atoms. The second-order valence-electron chi connectivity index (χ2n) is 5.99. The molecule has 7 nitrogen and oxygen atoms in total. The lowest BCUT2D eigenvalue weighted by Crippen LogP contribution is -2.43. The maximum absolute atomic E-state index is 13.1. The maximum atomic E-state index is 13.1. The van der Waals surface area contributed by atoms with E-state index in [2.05, 4.69) is 15.4 Å². The second-order valence-corrected chi connectivity index (χ2v) is 7.27. The number of hydrogen-bond acceptors (Lipinski definition) is 5. The van der Waals surface area contributed by atoms with Gasteiger partial charge in [0.2, 0.25) is 0 Å². The lowest BCUT2D eigenvalue weighted by molar-refractivity contribution is -0.142. The number of carbonyl (C=O) groups is 2. The van der Waals surface area contributed by atoms with Crippen LogP contribution in [0.5, 0.6) is 0 Å². The smallest absolute Gasteiger partial charge is 0.319 e. The number of hydrogen-bond donors (Lipinski definition) is 1. The van der Waals surface area contributed by atoms with Crippen LogP contribution in [0.15, 0.2) is 12.4 Å². The molecule has 0 aromatic carbocycles. The molecule has 1 N–H and O–H groups in total. The number of imide groups is 1. The van der Waals surface area contributed by atoms with Gasteiger partial charge in [-0.3, -0.25) is 14.4 Å². The quantitative estimate of drug-likeness (QED) is 0.818. The fourth-order valence-corrected chi connectivity index (χ4v) is 3.94. The average molecular weight is 387 g/mol. The summed E-state index contributed by atoms with van der Waals surface area (Å²) in [4.78, 5) is 29.5. The summed E-state index contributed by atoms with van der Waals surface area (Å²) in [6, 6.07) is -0.736. The normalized spacial score (nSPS) is 20.8. The number of nitrogens with one attached hydrogen (secondary N) is 1. The van der Waals surface area contributed by atoms with E-state index in [1.807, 2.05) is 0 Å². The average Bonchev–Trinajstić information content (AvgIpc) is 3.20. The lowest BCUT2D eigenvalue weighted by atomic mass is 9.89. The van der Waals surface area contributed by atoms with Crippen molar-refractivity contribution < 1.29 is 22.8 Å². The summed E-state index contributed by atoms with van der Waals surface area (Å²) in [5.74, 6) is -0.600. The highest BCUT2D eigenvalue weighted by Crippen LogP contribution is 2.37. The van der Waals surface area contributed by atoms with Gasteiger partial charge in [0.05, 0.1) is 22.6 Å². The van der Waals surface area contributed by atoms with E-state index >= 15 is 0 Å². The van der Waals surface area contributed by atoms with Crippen LogP contribution in [0.25, 0.3) is 0 Å². The number of rotatable bonds is 4. The van der Waals surface area contributed by atoms with Crippen molar-refractivity contribution in [3.05, 3.63) is 33.5 Å². The minimum absolute atomic E-state index is 0.170. The zero-order valence-electron chi connectivity index (χ0n) is 14.2. The minimum Gasteiger partial charge on any atom is -0.319 e. The zero-order chi connectivity index (χ0) is 19.3. The highest BCUT2D eigenvalue weighted by Gasteiger charge is 2.52. The van der Waals surface area contributed by atoms with Gasteiger partial charge >= 0.3 is 12.2 Å².